The van der Waals surface area contributed by atoms with Crippen molar-refractivity contribution in [3.63, 3.8) is 0 Å². The summed E-state index contributed by atoms with van der Waals surface area (Å²) >= 11 is 9.35. The van der Waals surface area contributed by atoms with Crippen molar-refractivity contribution in [3.05, 3.63) is 27.9 Å². The molecule has 2 amide bonds. The molecule has 2 aromatic heterocycles. The number of rotatable bonds is 8. The van der Waals surface area contributed by atoms with Gasteiger partial charge in [-0.05, 0) is 16.0 Å². The number of nitrogens with zero attached hydrogens (tertiary/aromatic N) is 7. The number of thioether (sulfide) groups is 2. The number of halogens is 1. The van der Waals surface area contributed by atoms with Gasteiger partial charge in [0, 0.05) is 22.4 Å². The Hall–Kier alpha value is -2.13. The Balaban J connectivity index is 0.00000342. The first kappa shape index (κ1) is 27.5. The summed E-state index contributed by atoms with van der Waals surface area (Å²) in [6, 6.07) is 0.973. The van der Waals surface area contributed by atoms with Gasteiger partial charge in [0.1, 0.15) is 18.0 Å². The molecule has 4 heterocycles. The molecular weight excluding hydrogens is 549 g/mol. The van der Waals surface area contributed by atoms with Crippen molar-refractivity contribution >= 4 is 74.9 Å². The fraction of sp³-hybridized carbons (Fsp3) is 0.294. The summed E-state index contributed by atoms with van der Waals surface area (Å²) in [5.41, 5.74) is 7.14. The fourth-order valence-corrected chi connectivity index (χ4v) is 6.39. The van der Waals surface area contributed by atoms with Crippen molar-refractivity contribution in [2.45, 2.75) is 23.1 Å². The van der Waals surface area contributed by atoms with E-state index in [1.165, 1.54) is 16.4 Å². The number of aliphatic carboxylic acids is 1. The fourth-order valence-electron chi connectivity index (χ4n) is 3.25. The molecule has 2 aliphatic rings. The number of nitrogens with one attached hydrogen (secondary N) is 1. The van der Waals surface area contributed by atoms with E-state index < -0.39 is 29.2 Å². The Morgan fingerprint density at radius 2 is 2.26 bits per heavy atom. The number of anilines is 1. The normalized spacial score (nSPS) is 19.4. The zero-order chi connectivity index (χ0) is 24.4. The maximum atomic E-state index is 12.8. The SMILES string of the molecule is N#CCn1nnnc1SCC1=C(C(=O)[O-])N2C(=O)C(NC(=O)/C(=C/Cl)c3csc(N)n3)[C@H]2SC1.[Na+]. The number of nitrogens with two attached hydrogens (primary N) is 1. The summed E-state index contributed by atoms with van der Waals surface area (Å²) in [4.78, 5) is 42.5. The van der Waals surface area contributed by atoms with Gasteiger partial charge in [-0.15, -0.1) is 28.2 Å². The van der Waals surface area contributed by atoms with Crippen LogP contribution in [0.2, 0.25) is 0 Å². The minimum Gasteiger partial charge on any atom is -0.543 e. The quantitative estimate of drug-likeness (QED) is 0.137. The summed E-state index contributed by atoms with van der Waals surface area (Å²) in [5, 5.41) is 35.8. The van der Waals surface area contributed by atoms with E-state index in [9.17, 15) is 19.5 Å². The largest absolute Gasteiger partial charge is 1.00 e. The Morgan fingerprint density at radius 1 is 1.49 bits per heavy atom. The number of β-lactam (4-membered cyclic amide) rings is 1. The molecule has 18 heteroatoms. The second-order valence-electron chi connectivity index (χ2n) is 6.76. The summed E-state index contributed by atoms with van der Waals surface area (Å²) in [6.45, 7) is -0.0588. The van der Waals surface area contributed by atoms with Gasteiger partial charge in [-0.1, -0.05) is 23.4 Å². The van der Waals surface area contributed by atoms with Crippen molar-refractivity contribution in [3.8, 4) is 6.07 Å². The molecule has 4 rings (SSSR count). The number of nitrogen functional groups attached to an aromatic ring is 1. The first-order valence-corrected chi connectivity index (χ1v) is 12.7. The van der Waals surface area contributed by atoms with E-state index in [2.05, 4.69) is 25.8 Å². The Labute approximate surface area is 237 Å². The molecule has 35 heavy (non-hydrogen) atoms. The van der Waals surface area contributed by atoms with Gasteiger partial charge in [-0.2, -0.15) is 5.26 Å². The van der Waals surface area contributed by atoms with Crippen molar-refractivity contribution in [2.75, 3.05) is 17.2 Å². The molecule has 2 atom stereocenters. The molecule has 13 nitrogen and oxygen atoms in total. The van der Waals surface area contributed by atoms with Crippen molar-refractivity contribution in [1.29, 1.82) is 5.26 Å². The molecule has 0 saturated carbocycles. The van der Waals surface area contributed by atoms with Gasteiger partial charge in [0.05, 0.1) is 29.0 Å². The van der Waals surface area contributed by atoms with Crippen LogP contribution in [0.1, 0.15) is 5.69 Å². The average Bonchev–Trinajstić information content (AvgIpc) is 3.44. The summed E-state index contributed by atoms with van der Waals surface area (Å²) in [6.07, 6.45) is 0. The van der Waals surface area contributed by atoms with E-state index in [1.807, 2.05) is 6.07 Å². The second-order valence-corrected chi connectivity index (χ2v) is 9.92. The minimum absolute atomic E-state index is 0. The number of fused-ring (bicyclic) bond motifs is 1. The monoisotopic (exact) mass is 561 g/mol. The van der Waals surface area contributed by atoms with Crippen molar-refractivity contribution in [2.24, 2.45) is 0 Å². The Bertz CT molecular complexity index is 1270. The maximum Gasteiger partial charge on any atom is 1.00 e. The van der Waals surface area contributed by atoms with Crippen LogP contribution in [0, 0.1) is 11.3 Å². The maximum absolute atomic E-state index is 12.8. The van der Waals surface area contributed by atoms with Gasteiger partial charge in [-0.3, -0.25) is 14.5 Å². The number of tetrazole rings is 1. The molecule has 2 aliphatic heterocycles. The molecular formula is C17H13ClN9NaO4S3. The summed E-state index contributed by atoms with van der Waals surface area (Å²) in [7, 11) is 0. The number of aromatic nitrogens is 5. The van der Waals surface area contributed by atoms with Gasteiger partial charge in [-0.25, -0.2) is 9.67 Å². The molecule has 0 aromatic carbocycles. The van der Waals surface area contributed by atoms with E-state index in [1.54, 1.807) is 5.38 Å². The van der Waals surface area contributed by atoms with E-state index >= 15 is 0 Å². The molecule has 176 valence electrons. The van der Waals surface area contributed by atoms with Crippen molar-refractivity contribution < 1.29 is 49.0 Å². The number of nitriles is 1. The molecule has 1 fully saturated rings. The number of carbonyl (C=O) groups is 3. The van der Waals surface area contributed by atoms with Crippen LogP contribution in [-0.2, 0) is 20.9 Å². The predicted molar refractivity (Wildman–Crippen MR) is 122 cm³/mol. The van der Waals surface area contributed by atoms with Gasteiger partial charge >= 0.3 is 29.6 Å². The van der Waals surface area contributed by atoms with Gasteiger partial charge < -0.3 is 21.0 Å². The molecule has 0 aliphatic carbocycles. The van der Waals surface area contributed by atoms with E-state index in [0.29, 0.717) is 10.7 Å². The molecule has 0 spiro atoms. The molecule has 3 N–H and O–H groups in total. The van der Waals surface area contributed by atoms with Crippen molar-refractivity contribution in [1.82, 2.24) is 35.4 Å². The summed E-state index contributed by atoms with van der Waals surface area (Å²) < 4.78 is 1.28. The van der Waals surface area contributed by atoms with Crippen LogP contribution in [0.25, 0.3) is 5.57 Å². The Morgan fingerprint density at radius 3 is 2.89 bits per heavy atom. The number of carboxylic acid groups (broad SMARTS) is 1. The first-order valence-electron chi connectivity index (χ1n) is 9.32. The average molecular weight is 562 g/mol. The molecule has 1 unspecified atom stereocenters. The zero-order valence-corrected chi connectivity index (χ0v) is 23.1. The number of carbonyl (C=O) groups excluding carboxylic acids is 3. The van der Waals surface area contributed by atoms with Gasteiger partial charge in [0.25, 0.3) is 11.8 Å². The van der Waals surface area contributed by atoms with Crippen LogP contribution in [0.5, 0.6) is 0 Å². The van der Waals surface area contributed by atoms with Gasteiger partial charge in [0.15, 0.2) is 5.13 Å². The molecule has 0 bridgehead atoms. The van der Waals surface area contributed by atoms with E-state index in [4.69, 9.17) is 22.6 Å². The first-order chi connectivity index (χ1) is 16.3. The van der Waals surface area contributed by atoms with Crippen LogP contribution >= 0.6 is 46.5 Å². The van der Waals surface area contributed by atoms with Gasteiger partial charge in [0.2, 0.25) is 5.16 Å². The van der Waals surface area contributed by atoms with E-state index in [-0.39, 0.29) is 69.7 Å². The van der Waals surface area contributed by atoms with Crippen LogP contribution in [0.3, 0.4) is 0 Å². The van der Waals surface area contributed by atoms with Crippen LogP contribution in [0.4, 0.5) is 5.13 Å². The number of hydrogen-bond acceptors (Lipinski definition) is 13. The second kappa shape index (κ2) is 11.7. The topological polar surface area (TPSA) is 196 Å². The minimum atomic E-state index is -1.50. The third-order valence-corrected chi connectivity index (χ3v) is 8.05. The number of carboxylic acids is 1. The molecule has 0 radical (unpaired) electrons. The molecule has 2 aromatic rings. The third-order valence-electron chi connectivity index (χ3n) is 4.77. The summed E-state index contributed by atoms with van der Waals surface area (Å²) in [5.74, 6) is -2.29. The van der Waals surface area contributed by atoms with E-state index in [0.717, 1.165) is 33.5 Å². The molecule has 1 saturated heterocycles. The van der Waals surface area contributed by atoms with Crippen LogP contribution < -0.4 is 45.7 Å². The third kappa shape index (κ3) is 5.50. The van der Waals surface area contributed by atoms with Crippen LogP contribution in [-0.4, -0.2) is 70.8 Å². The zero-order valence-electron chi connectivity index (χ0n) is 17.9. The Kier molecular flexibility index (Phi) is 9.21. The number of thiazole rings is 1. The number of hydrogen-bond donors (Lipinski definition) is 2. The van der Waals surface area contributed by atoms with Crippen LogP contribution in [0.15, 0.2) is 27.3 Å². The smallest absolute Gasteiger partial charge is 0.543 e. The number of amides is 2. The predicted octanol–water partition coefficient (Wildman–Crippen LogP) is -3.98. The standard InChI is InChI=1S/C17H14ClN9O4S3.Na/c18-3-8(9-6-33-16(20)21-9)12(28)22-10-13(29)27-11(15(30)31)7(4-32-14(10)27)5-34-17-23-24-25-26(17)2-1-19;/h3,6,10,14H,2,4-5H2,(H2,20,21)(H,22,28)(H,30,31);/q;+1/p-1/b8-3+;/t10?,14-;/m1./s1.